The fourth-order valence-corrected chi connectivity index (χ4v) is 13.9. The number of methoxy groups -OCH3 is 3. The second-order valence-corrected chi connectivity index (χ2v) is 32.6. The van der Waals surface area contributed by atoms with Crippen molar-refractivity contribution in [2.75, 3.05) is 27.9 Å². The number of phenols is 4. The molecule has 0 spiro atoms. The zero-order valence-electron chi connectivity index (χ0n) is 70.2. The molecule has 4 heterocycles. The van der Waals surface area contributed by atoms with Gasteiger partial charge in [-0.1, -0.05) is 166 Å². The first-order valence-electron chi connectivity index (χ1n) is 39.4. The average Bonchev–Trinajstić information content (AvgIpc) is 1.43. The highest BCUT2D eigenvalue weighted by Gasteiger charge is 2.37. The van der Waals surface area contributed by atoms with Crippen molar-refractivity contribution in [2.24, 2.45) is 0 Å². The van der Waals surface area contributed by atoms with Crippen LogP contribution in [0.15, 0.2) is 188 Å². The number of aryl methyl sites for hydroxylation is 4. The Labute approximate surface area is 707 Å². The van der Waals surface area contributed by atoms with Gasteiger partial charge in [0.25, 0.3) is 0 Å². The molecule has 0 aliphatic carbocycles. The lowest BCUT2D eigenvalue weighted by atomic mass is 9.76. The molecule has 10 aromatic carbocycles. The predicted molar refractivity (Wildman–Crippen MR) is 448 cm³/mol. The minimum atomic E-state index is -4.51. The second-order valence-electron chi connectivity index (χ2n) is 32.6. The molecule has 0 aliphatic rings. The third-order valence-corrected chi connectivity index (χ3v) is 21.0. The largest absolute Gasteiger partial charge is 0.505 e. The van der Waals surface area contributed by atoms with Gasteiger partial charge in [-0.2, -0.15) is 39.5 Å². The number of fused-ring (bicyclic) bond motifs is 4. The molecule has 0 saturated heterocycles. The number of aromatic nitrogens is 12. The van der Waals surface area contributed by atoms with Crippen LogP contribution in [-0.2, 0) is 94.5 Å². The van der Waals surface area contributed by atoms with Crippen molar-refractivity contribution in [1.82, 2.24) is 60.0 Å². The molecule has 0 saturated carbocycles. The summed E-state index contributed by atoms with van der Waals surface area (Å²) in [5.41, 5.74) is 7.08. The zero-order valence-corrected chi connectivity index (χ0v) is 70.2. The summed E-state index contributed by atoms with van der Waals surface area (Å²) in [6.07, 6.45) is -10.7. The molecule has 14 rings (SSSR count). The molecule has 0 aliphatic heterocycles. The molecule has 0 bridgehead atoms. The van der Waals surface area contributed by atoms with Gasteiger partial charge in [0.2, 0.25) is 0 Å². The molecule has 0 fully saturated rings. The summed E-state index contributed by atoms with van der Waals surface area (Å²) in [6, 6.07) is 50.4. The maximum atomic E-state index is 13.2. The van der Waals surface area contributed by atoms with Gasteiger partial charge in [0.05, 0.1) is 38.0 Å². The lowest BCUT2D eigenvalue weighted by Crippen LogP contribution is -2.20. The van der Waals surface area contributed by atoms with Gasteiger partial charge >= 0.3 is 36.4 Å². The van der Waals surface area contributed by atoms with Gasteiger partial charge in [0.15, 0.2) is 0 Å². The number of aliphatic hydroxyl groups is 1. The number of halogens is 9. The van der Waals surface area contributed by atoms with E-state index in [0.29, 0.717) is 54.5 Å². The fourth-order valence-electron chi connectivity index (χ4n) is 13.9. The molecular formula is C92H93F9N12O11. The van der Waals surface area contributed by atoms with Crippen molar-refractivity contribution in [2.45, 2.75) is 161 Å². The van der Waals surface area contributed by atoms with Crippen molar-refractivity contribution in [3.63, 3.8) is 0 Å². The SMILES string of the molecule is CC(C)(c1ccccc1)c1cc(CCCO)cc(-n2nc3ccc(C(F)(F)F)cc3n2)c1O.COC(=O)CCc1cc(-n2nc3ccc(C(F)(F)F)cc3n2)c(O)c(C(C)(C)C)c1.COC(=O)CCc1cc(-n2nc3ccc(C(F)(F)F)cc3n2)c(O)c(C(C)(C)c2ccccc2)c1.COC(=O)CCc1cc(-n2nc3ccccc3n2)c(O)c(C(C)(C)C)c1. The number of aromatic hydroxyl groups is 4. The number of rotatable bonds is 20. The number of carbonyl (C=O) groups excluding carboxylic acids is 3. The highest BCUT2D eigenvalue weighted by Crippen LogP contribution is 2.45. The van der Waals surface area contributed by atoms with E-state index in [4.69, 9.17) is 9.47 Å². The van der Waals surface area contributed by atoms with Crippen LogP contribution in [0.4, 0.5) is 39.5 Å². The number of carbonyl (C=O) groups is 3. The summed E-state index contributed by atoms with van der Waals surface area (Å²) < 4.78 is 132. The third-order valence-electron chi connectivity index (χ3n) is 21.0. The maximum absolute atomic E-state index is 13.2. The number of alkyl halides is 9. The molecular weight excluding hydrogens is 1620 g/mol. The predicted octanol–water partition coefficient (Wildman–Crippen LogP) is 19.0. The zero-order chi connectivity index (χ0) is 90.3. The molecule has 0 radical (unpaired) electrons. The highest BCUT2D eigenvalue weighted by molar-refractivity contribution is 5.79. The Kier molecular flexibility index (Phi) is 27.2. The van der Waals surface area contributed by atoms with Gasteiger partial charge in [-0.3, -0.25) is 14.4 Å². The van der Waals surface area contributed by atoms with Gasteiger partial charge < -0.3 is 39.7 Å². The van der Waals surface area contributed by atoms with Crippen LogP contribution in [0.5, 0.6) is 23.0 Å². The summed E-state index contributed by atoms with van der Waals surface area (Å²) in [5.74, 6) is -1.08. The Morgan fingerprint density at radius 1 is 0.306 bits per heavy atom. The van der Waals surface area contributed by atoms with E-state index < -0.39 is 51.5 Å². The molecule has 23 nitrogen and oxygen atoms in total. The van der Waals surface area contributed by atoms with Crippen LogP contribution in [-0.4, -0.2) is 131 Å². The van der Waals surface area contributed by atoms with Crippen molar-refractivity contribution in [3.05, 3.63) is 260 Å². The molecule has 0 atom stereocenters. The number of esters is 3. The molecule has 14 aromatic rings. The minimum Gasteiger partial charge on any atom is -0.505 e. The quantitative estimate of drug-likeness (QED) is 0.0269. The number of ether oxygens (including phenoxy) is 3. The van der Waals surface area contributed by atoms with Crippen LogP contribution in [0.3, 0.4) is 0 Å². The summed E-state index contributed by atoms with van der Waals surface area (Å²) in [6.45, 7) is 19.7. The first kappa shape index (κ1) is 91.5. The average molecular weight is 1710 g/mol. The van der Waals surface area contributed by atoms with Gasteiger partial charge in [-0.25, -0.2) is 0 Å². The molecule has 124 heavy (non-hydrogen) atoms. The van der Waals surface area contributed by atoms with Gasteiger partial charge in [0.1, 0.15) is 89.9 Å². The van der Waals surface area contributed by atoms with E-state index in [0.717, 1.165) is 96.0 Å². The first-order valence-corrected chi connectivity index (χ1v) is 39.4. The van der Waals surface area contributed by atoms with Crippen molar-refractivity contribution in [3.8, 4) is 45.7 Å². The van der Waals surface area contributed by atoms with Crippen LogP contribution in [0, 0.1) is 0 Å². The Hall–Kier alpha value is -13.3. The van der Waals surface area contributed by atoms with Crippen LogP contribution < -0.4 is 0 Å². The molecule has 32 heteroatoms. The smallest absolute Gasteiger partial charge is 0.416 e. The molecule has 4 aromatic heterocycles. The maximum Gasteiger partial charge on any atom is 0.416 e. The van der Waals surface area contributed by atoms with E-state index >= 15 is 0 Å². The summed E-state index contributed by atoms with van der Waals surface area (Å²) in [4.78, 5) is 39.7. The molecule has 650 valence electrons. The second kappa shape index (κ2) is 36.8. The number of phenolic OH excluding ortho intramolecular Hbond substituents is 4. The van der Waals surface area contributed by atoms with Gasteiger partial charge in [0, 0.05) is 59.0 Å². The third kappa shape index (κ3) is 21.2. The van der Waals surface area contributed by atoms with Gasteiger partial charge in [-0.15, -0.1) is 60.0 Å². The van der Waals surface area contributed by atoms with E-state index in [1.807, 2.05) is 178 Å². The lowest BCUT2D eigenvalue weighted by Gasteiger charge is -2.28. The Morgan fingerprint density at radius 2 is 0.548 bits per heavy atom. The number of aliphatic hydroxyl groups excluding tert-OH is 1. The molecule has 5 N–H and O–H groups in total. The Balaban J connectivity index is 0.000000162. The minimum absolute atomic E-state index is 0.0117. The Morgan fingerprint density at radius 3 is 0.806 bits per heavy atom. The fraction of sp³-hybridized carbons (Fsp3) is 0.315. The lowest BCUT2D eigenvalue weighted by molar-refractivity contribution is -0.141. The number of nitrogens with zero attached hydrogens (tertiary/aromatic N) is 12. The van der Waals surface area contributed by atoms with Gasteiger partial charge in [-0.05, 0) is 167 Å². The van der Waals surface area contributed by atoms with Crippen LogP contribution in [0.1, 0.15) is 167 Å². The molecule has 0 amide bonds. The first-order chi connectivity index (χ1) is 58.3. The normalized spacial score (nSPS) is 12.2. The summed E-state index contributed by atoms with van der Waals surface area (Å²) in [5, 5.41) is 88.0. The monoisotopic (exact) mass is 1710 g/mol. The molecule has 0 unspecified atom stereocenters. The van der Waals surface area contributed by atoms with Crippen LogP contribution in [0.25, 0.3) is 66.9 Å². The highest BCUT2D eigenvalue weighted by atomic mass is 19.4. The van der Waals surface area contributed by atoms with E-state index in [1.165, 1.54) is 49.1 Å². The van der Waals surface area contributed by atoms with Crippen molar-refractivity contribution in [1.29, 1.82) is 0 Å². The summed E-state index contributed by atoms with van der Waals surface area (Å²) in [7, 11) is 3.99. The Bertz CT molecular complexity index is 6170. The van der Waals surface area contributed by atoms with E-state index in [9.17, 15) is 79.4 Å². The van der Waals surface area contributed by atoms with E-state index in [1.54, 1.807) is 24.3 Å². The van der Waals surface area contributed by atoms with E-state index in [2.05, 4.69) is 45.5 Å². The standard InChI is InChI=1S/C26H24F3N3O3.C25H24F3N3O2.C21H22F3N3O3.C20H23N3O3/c1-25(2,17-7-5-4-6-8-17)19-13-16(9-12-23(33)35-3)14-22(24(19)34)32-30-20-11-10-18(26(27,28)29)15-21(20)31-32;1-24(2,17-8-4-3-5-9-17)19-13-16(7-6-12-32)14-22(23(19)33)31-29-20-11-10-18(25(26,27)28)15-21(20)30-31;1-20(2,3)14-9-12(5-8-18(28)30-4)10-17(19(14)29)27-25-15-7-6-13(21(22,23)24)11-16(15)26-27;1-20(2,3)14-11-13(9-10-18(24)26-4)12-17(19(14)25)23-21-15-7-5-6-8-16(15)22-23/h4-8,10-11,13-15,34H,9,12H2,1-3H3;3-5,8-11,13-15,32-33H,6-7,12H2,1-2H3;6-7,9-11,29H,5,8H2,1-4H3;5-8,11-12,25H,9-10H2,1-4H3. The number of benzene rings is 10. The van der Waals surface area contributed by atoms with Crippen molar-refractivity contribution >= 4 is 62.0 Å². The van der Waals surface area contributed by atoms with Crippen molar-refractivity contribution < 1.29 is 93.6 Å². The van der Waals surface area contributed by atoms with E-state index in [-0.39, 0.29) is 122 Å². The summed E-state index contributed by atoms with van der Waals surface area (Å²) >= 11 is 0. The number of hydrogen-bond donors (Lipinski definition) is 5. The number of hydrogen-bond acceptors (Lipinski definition) is 19. The van der Waals surface area contributed by atoms with Crippen LogP contribution >= 0.6 is 0 Å². The topological polar surface area (TPSA) is 303 Å². The van der Waals surface area contributed by atoms with Crippen LogP contribution in [0.2, 0.25) is 0 Å².